The summed E-state index contributed by atoms with van der Waals surface area (Å²) in [4.78, 5) is 32.1. The molecule has 0 spiro atoms. The number of carboxylic acid groups (broad SMARTS) is 1. The van der Waals surface area contributed by atoms with E-state index >= 15 is 0 Å². The Morgan fingerprint density at radius 3 is 2.65 bits per heavy atom. The van der Waals surface area contributed by atoms with Crippen molar-refractivity contribution in [1.29, 1.82) is 0 Å². The number of aromatic nitrogens is 3. The molecular formula is C13H15N3O3S. The van der Waals surface area contributed by atoms with Gasteiger partial charge in [-0.25, -0.2) is 9.78 Å². The van der Waals surface area contributed by atoms with Crippen LogP contribution in [0.1, 0.15) is 26.8 Å². The largest absolute Gasteiger partial charge is 0.481 e. The first-order valence-electron chi connectivity index (χ1n) is 6.08. The minimum absolute atomic E-state index is 0.137. The first-order valence-corrected chi connectivity index (χ1v) is 6.90. The molecule has 2 heterocycles. The van der Waals surface area contributed by atoms with Gasteiger partial charge in [0, 0.05) is 28.0 Å². The zero-order valence-electron chi connectivity index (χ0n) is 11.5. The zero-order chi connectivity index (χ0) is 14.9. The molecule has 0 bridgehead atoms. The molecule has 0 atom stereocenters. The highest BCUT2D eigenvalue weighted by atomic mass is 32.1. The van der Waals surface area contributed by atoms with Gasteiger partial charge in [-0.2, -0.15) is 4.98 Å². The van der Waals surface area contributed by atoms with E-state index in [1.165, 1.54) is 15.9 Å². The van der Waals surface area contributed by atoms with Gasteiger partial charge < -0.3 is 5.11 Å². The first kappa shape index (κ1) is 14.4. The highest BCUT2D eigenvalue weighted by Gasteiger charge is 2.15. The van der Waals surface area contributed by atoms with Gasteiger partial charge in [0.1, 0.15) is 5.01 Å². The quantitative estimate of drug-likeness (QED) is 0.918. The number of carboxylic acids is 1. The van der Waals surface area contributed by atoms with Crippen molar-refractivity contribution in [3.05, 3.63) is 43.5 Å². The molecule has 0 aromatic carbocycles. The summed E-state index contributed by atoms with van der Waals surface area (Å²) in [7, 11) is 0. The van der Waals surface area contributed by atoms with Crippen LogP contribution in [0.25, 0.3) is 0 Å². The van der Waals surface area contributed by atoms with Crippen molar-refractivity contribution in [2.75, 3.05) is 0 Å². The Morgan fingerprint density at radius 1 is 1.40 bits per heavy atom. The number of hydrogen-bond donors (Lipinski definition) is 1. The Labute approximate surface area is 119 Å². The second-order valence-corrected chi connectivity index (χ2v) is 5.88. The van der Waals surface area contributed by atoms with E-state index in [9.17, 15) is 9.59 Å². The Balaban J connectivity index is 2.47. The molecule has 106 valence electrons. The fourth-order valence-electron chi connectivity index (χ4n) is 2.04. The van der Waals surface area contributed by atoms with Crippen LogP contribution in [-0.4, -0.2) is 25.6 Å². The molecule has 2 aromatic rings. The second kappa shape index (κ2) is 5.54. The number of aryl methyl sites for hydroxylation is 2. The molecule has 2 rings (SSSR count). The summed E-state index contributed by atoms with van der Waals surface area (Å²) in [6.07, 6.45) is 1.61. The van der Waals surface area contributed by atoms with E-state index in [1.54, 1.807) is 20.0 Å². The topological polar surface area (TPSA) is 85.1 Å². The Morgan fingerprint density at radius 2 is 2.10 bits per heavy atom. The van der Waals surface area contributed by atoms with E-state index in [-0.39, 0.29) is 12.1 Å². The highest BCUT2D eigenvalue weighted by molar-refractivity contribution is 7.11. The molecule has 0 unspecified atom stereocenters. The molecule has 2 aromatic heterocycles. The molecule has 1 N–H and O–H groups in total. The third-order valence-electron chi connectivity index (χ3n) is 3.06. The number of carbonyl (C=O) groups is 1. The Kier molecular flexibility index (Phi) is 3.99. The predicted molar refractivity (Wildman–Crippen MR) is 75.3 cm³/mol. The summed E-state index contributed by atoms with van der Waals surface area (Å²) in [6.45, 7) is 5.67. The van der Waals surface area contributed by atoms with Crippen molar-refractivity contribution in [2.45, 2.75) is 33.7 Å². The van der Waals surface area contributed by atoms with Crippen LogP contribution in [0.4, 0.5) is 0 Å². The van der Waals surface area contributed by atoms with Gasteiger partial charge in [0.05, 0.1) is 13.0 Å². The first-order chi connectivity index (χ1) is 9.38. The monoisotopic (exact) mass is 293 g/mol. The van der Waals surface area contributed by atoms with E-state index < -0.39 is 5.97 Å². The maximum absolute atomic E-state index is 12.0. The van der Waals surface area contributed by atoms with Gasteiger partial charge in [0.15, 0.2) is 0 Å². The van der Waals surface area contributed by atoms with E-state index in [1.807, 2.05) is 6.92 Å². The molecule has 0 saturated heterocycles. The van der Waals surface area contributed by atoms with Gasteiger partial charge >= 0.3 is 11.7 Å². The van der Waals surface area contributed by atoms with Crippen LogP contribution in [0, 0.1) is 20.8 Å². The third kappa shape index (κ3) is 2.93. The molecule has 0 radical (unpaired) electrons. The number of aliphatic carboxylic acids is 1. The van der Waals surface area contributed by atoms with Gasteiger partial charge in [0.2, 0.25) is 0 Å². The summed E-state index contributed by atoms with van der Waals surface area (Å²) < 4.78 is 1.48. The van der Waals surface area contributed by atoms with E-state index in [4.69, 9.17) is 5.11 Å². The van der Waals surface area contributed by atoms with Gasteiger partial charge in [-0.05, 0) is 20.8 Å². The summed E-state index contributed by atoms with van der Waals surface area (Å²) in [6, 6.07) is 0. The average Bonchev–Trinajstić information content (AvgIpc) is 2.75. The van der Waals surface area contributed by atoms with Crippen LogP contribution in [0.15, 0.2) is 11.0 Å². The number of thiazole rings is 1. The predicted octanol–water partition coefficient (Wildman–Crippen LogP) is 1.30. The van der Waals surface area contributed by atoms with E-state index in [0.717, 1.165) is 9.88 Å². The van der Waals surface area contributed by atoms with Crippen LogP contribution in [-0.2, 0) is 17.8 Å². The molecule has 7 heteroatoms. The van der Waals surface area contributed by atoms with Gasteiger partial charge in [0.25, 0.3) is 0 Å². The van der Waals surface area contributed by atoms with Crippen LogP contribution < -0.4 is 5.69 Å². The Hall–Kier alpha value is -2.02. The van der Waals surface area contributed by atoms with Crippen molar-refractivity contribution < 1.29 is 9.90 Å². The minimum Gasteiger partial charge on any atom is -0.481 e. The minimum atomic E-state index is -0.937. The lowest BCUT2D eigenvalue weighted by Crippen LogP contribution is -2.28. The maximum atomic E-state index is 12.0. The van der Waals surface area contributed by atoms with Crippen molar-refractivity contribution in [3.63, 3.8) is 0 Å². The molecule has 0 saturated carbocycles. The number of rotatable bonds is 4. The summed E-state index contributed by atoms with van der Waals surface area (Å²) in [5.41, 5.74) is 1.33. The smallest absolute Gasteiger partial charge is 0.348 e. The van der Waals surface area contributed by atoms with Crippen molar-refractivity contribution >= 4 is 17.3 Å². The zero-order valence-corrected chi connectivity index (χ0v) is 12.3. The fourth-order valence-corrected chi connectivity index (χ4v) is 2.82. The summed E-state index contributed by atoms with van der Waals surface area (Å²) in [5, 5.41) is 9.75. The van der Waals surface area contributed by atoms with E-state index in [2.05, 4.69) is 9.97 Å². The lowest BCUT2D eigenvalue weighted by atomic mass is 10.1. The summed E-state index contributed by atoms with van der Waals surface area (Å²) in [5.74, 6) is -0.937. The second-order valence-electron chi connectivity index (χ2n) is 4.57. The average molecular weight is 293 g/mol. The molecule has 0 fully saturated rings. The number of hydrogen-bond acceptors (Lipinski definition) is 5. The number of nitrogens with zero attached hydrogens (tertiary/aromatic N) is 3. The molecule has 6 nitrogen and oxygen atoms in total. The molecule has 0 aliphatic rings. The molecule has 20 heavy (non-hydrogen) atoms. The SMILES string of the molecule is Cc1cnc(Cn2c(C)c(CC(=O)O)c(C)nc2=O)s1. The third-order valence-corrected chi connectivity index (χ3v) is 3.96. The van der Waals surface area contributed by atoms with Crippen molar-refractivity contribution in [2.24, 2.45) is 0 Å². The lowest BCUT2D eigenvalue weighted by Gasteiger charge is -2.13. The van der Waals surface area contributed by atoms with E-state index in [0.29, 0.717) is 23.5 Å². The van der Waals surface area contributed by atoms with Crippen LogP contribution in [0.3, 0.4) is 0 Å². The molecule has 0 aliphatic carbocycles. The molecule has 0 amide bonds. The van der Waals surface area contributed by atoms with Crippen molar-refractivity contribution in [3.8, 4) is 0 Å². The Bertz CT molecular complexity index is 718. The molecular weight excluding hydrogens is 278 g/mol. The van der Waals surface area contributed by atoms with Crippen LogP contribution in [0.2, 0.25) is 0 Å². The summed E-state index contributed by atoms with van der Waals surface area (Å²) >= 11 is 1.51. The van der Waals surface area contributed by atoms with Crippen LogP contribution in [0.5, 0.6) is 0 Å². The van der Waals surface area contributed by atoms with Crippen molar-refractivity contribution in [1.82, 2.24) is 14.5 Å². The fraction of sp³-hybridized carbons (Fsp3) is 0.385. The molecule has 0 aliphatic heterocycles. The van der Waals surface area contributed by atoms with Crippen LogP contribution >= 0.6 is 11.3 Å². The standard InChI is InChI=1S/C13H15N3O3S/c1-7-5-14-11(20-7)6-16-9(3)10(4-12(17)18)8(2)15-13(16)19/h5H,4,6H2,1-3H3,(H,17,18). The maximum Gasteiger partial charge on any atom is 0.348 e. The normalized spacial score (nSPS) is 10.8. The highest BCUT2D eigenvalue weighted by Crippen LogP contribution is 2.15. The lowest BCUT2D eigenvalue weighted by molar-refractivity contribution is -0.136. The van der Waals surface area contributed by atoms with Gasteiger partial charge in [-0.15, -0.1) is 11.3 Å². The van der Waals surface area contributed by atoms with Gasteiger partial charge in [-0.3, -0.25) is 9.36 Å². The van der Waals surface area contributed by atoms with Gasteiger partial charge in [-0.1, -0.05) is 0 Å².